The lowest BCUT2D eigenvalue weighted by atomic mass is 10.8. The van der Waals surface area contributed by atoms with E-state index in [1.54, 1.807) is 0 Å². The summed E-state index contributed by atoms with van der Waals surface area (Å²) < 4.78 is 14.6. The molecule has 0 aliphatic heterocycles. The van der Waals surface area contributed by atoms with Crippen LogP contribution in [0.15, 0.2) is 9.21 Å². The van der Waals surface area contributed by atoms with Crippen molar-refractivity contribution in [1.82, 2.24) is 9.55 Å². The predicted octanol–water partition coefficient (Wildman–Crippen LogP) is 4.12. The van der Waals surface area contributed by atoms with E-state index in [0.29, 0.717) is 19.3 Å². The molecule has 0 bridgehead atoms. The molecular formula is C11H20Br2N2O2Si. The van der Waals surface area contributed by atoms with E-state index in [2.05, 4.69) is 56.5 Å². The Morgan fingerprint density at radius 2 is 1.94 bits per heavy atom. The second-order valence-electron chi connectivity index (χ2n) is 5.19. The fraction of sp³-hybridized carbons (Fsp3) is 0.727. The summed E-state index contributed by atoms with van der Waals surface area (Å²) in [6, 6.07) is 1.73. The van der Waals surface area contributed by atoms with Gasteiger partial charge < -0.3 is 9.47 Å². The summed E-state index contributed by atoms with van der Waals surface area (Å²) in [5.74, 6) is 0. The van der Waals surface area contributed by atoms with Crippen LogP contribution in [0, 0.1) is 0 Å². The van der Waals surface area contributed by atoms with E-state index in [-0.39, 0.29) is 0 Å². The molecule has 0 aromatic carbocycles. The lowest BCUT2D eigenvalue weighted by Gasteiger charge is -2.16. The van der Waals surface area contributed by atoms with Gasteiger partial charge in [0.25, 0.3) is 6.01 Å². The van der Waals surface area contributed by atoms with E-state index >= 15 is 0 Å². The van der Waals surface area contributed by atoms with E-state index in [1.165, 1.54) is 0 Å². The molecule has 0 fully saturated rings. The van der Waals surface area contributed by atoms with Crippen LogP contribution < -0.4 is 4.74 Å². The summed E-state index contributed by atoms with van der Waals surface area (Å²) in [5.41, 5.74) is 0. The maximum atomic E-state index is 5.70. The standard InChI is InChI=1S/C11H20Br2N2O2Si/c1-5-17-11-14-9(12)10(13)15(11)8-16-6-7-18(2,3)4/h5-8H2,1-4H3. The van der Waals surface area contributed by atoms with Gasteiger partial charge in [-0.2, -0.15) is 4.98 Å². The molecule has 0 radical (unpaired) electrons. The van der Waals surface area contributed by atoms with Crippen molar-refractivity contribution in [3.05, 3.63) is 9.21 Å². The highest BCUT2D eigenvalue weighted by Gasteiger charge is 2.15. The van der Waals surface area contributed by atoms with Crippen molar-refractivity contribution in [3.63, 3.8) is 0 Å². The van der Waals surface area contributed by atoms with Gasteiger partial charge in [-0.3, -0.25) is 4.57 Å². The molecule has 18 heavy (non-hydrogen) atoms. The first-order valence-corrected chi connectivity index (χ1v) is 11.3. The first-order valence-electron chi connectivity index (χ1n) is 5.97. The molecule has 1 aromatic rings. The van der Waals surface area contributed by atoms with Crippen LogP contribution in [0.5, 0.6) is 6.01 Å². The summed E-state index contributed by atoms with van der Waals surface area (Å²) in [7, 11) is -1.03. The Kier molecular flexibility index (Phi) is 6.36. The molecule has 0 aliphatic rings. The summed E-state index contributed by atoms with van der Waals surface area (Å²) in [6.07, 6.45) is 0. The molecule has 1 heterocycles. The molecule has 1 rings (SSSR count). The third kappa shape index (κ3) is 5.03. The predicted molar refractivity (Wildman–Crippen MR) is 82.9 cm³/mol. The lowest BCUT2D eigenvalue weighted by Crippen LogP contribution is -2.22. The third-order valence-corrected chi connectivity index (χ3v) is 5.91. The molecule has 7 heteroatoms. The van der Waals surface area contributed by atoms with Crippen LogP contribution in [0.4, 0.5) is 0 Å². The number of aromatic nitrogens is 2. The van der Waals surface area contributed by atoms with Gasteiger partial charge in [-0.05, 0) is 44.8 Å². The smallest absolute Gasteiger partial charge is 0.300 e. The lowest BCUT2D eigenvalue weighted by molar-refractivity contribution is 0.0778. The Labute approximate surface area is 126 Å². The van der Waals surface area contributed by atoms with Crippen molar-refractivity contribution >= 4 is 39.9 Å². The molecule has 0 saturated carbocycles. The number of hydrogen-bond acceptors (Lipinski definition) is 3. The molecular weight excluding hydrogens is 380 g/mol. The van der Waals surface area contributed by atoms with Gasteiger partial charge in [0.05, 0.1) is 6.61 Å². The van der Waals surface area contributed by atoms with E-state index in [1.807, 2.05) is 11.5 Å². The molecule has 0 aliphatic carbocycles. The van der Waals surface area contributed by atoms with Crippen molar-refractivity contribution in [2.45, 2.75) is 39.3 Å². The Hall–Kier alpha value is 0.147. The number of imidazole rings is 1. The number of hydrogen-bond donors (Lipinski definition) is 0. The minimum atomic E-state index is -1.03. The molecule has 1 aromatic heterocycles. The number of ether oxygens (including phenoxy) is 2. The number of rotatable bonds is 7. The molecule has 4 nitrogen and oxygen atoms in total. The largest absolute Gasteiger partial charge is 0.465 e. The zero-order chi connectivity index (χ0) is 13.8. The highest BCUT2D eigenvalue weighted by Crippen LogP contribution is 2.28. The van der Waals surface area contributed by atoms with Crippen molar-refractivity contribution in [2.75, 3.05) is 13.2 Å². The number of halogens is 2. The maximum Gasteiger partial charge on any atom is 0.300 e. The van der Waals surface area contributed by atoms with Crippen LogP contribution in [-0.2, 0) is 11.5 Å². The maximum absolute atomic E-state index is 5.70. The van der Waals surface area contributed by atoms with Crippen molar-refractivity contribution in [2.24, 2.45) is 0 Å². The van der Waals surface area contributed by atoms with Crippen LogP contribution in [0.3, 0.4) is 0 Å². The van der Waals surface area contributed by atoms with Gasteiger partial charge in [0.15, 0.2) is 0 Å². The minimum absolute atomic E-state index is 0.457. The number of nitrogens with zero attached hydrogens (tertiary/aromatic N) is 2. The van der Waals surface area contributed by atoms with Gasteiger partial charge in [0.1, 0.15) is 15.9 Å². The van der Waals surface area contributed by atoms with Gasteiger partial charge in [-0.1, -0.05) is 19.6 Å². The summed E-state index contributed by atoms with van der Waals surface area (Å²) in [5, 5.41) is 0. The van der Waals surface area contributed by atoms with Gasteiger partial charge in [0.2, 0.25) is 0 Å². The van der Waals surface area contributed by atoms with Crippen LogP contribution in [0.25, 0.3) is 0 Å². The normalized spacial score (nSPS) is 11.9. The molecule has 104 valence electrons. The van der Waals surface area contributed by atoms with E-state index < -0.39 is 8.07 Å². The van der Waals surface area contributed by atoms with Gasteiger partial charge in [-0.15, -0.1) is 0 Å². The first kappa shape index (κ1) is 16.2. The Balaban J connectivity index is 2.55. The zero-order valence-electron chi connectivity index (χ0n) is 11.3. The second-order valence-corrected chi connectivity index (χ2v) is 12.3. The average Bonchev–Trinajstić information content (AvgIpc) is 2.50. The Morgan fingerprint density at radius 3 is 2.50 bits per heavy atom. The van der Waals surface area contributed by atoms with Crippen LogP contribution >= 0.6 is 31.9 Å². The molecule has 0 unspecified atom stereocenters. The summed E-state index contributed by atoms with van der Waals surface area (Å²) >= 11 is 6.84. The van der Waals surface area contributed by atoms with Gasteiger partial charge >= 0.3 is 0 Å². The van der Waals surface area contributed by atoms with E-state index in [9.17, 15) is 0 Å². The minimum Gasteiger partial charge on any atom is -0.465 e. The van der Waals surface area contributed by atoms with Crippen molar-refractivity contribution < 1.29 is 9.47 Å². The molecule has 0 N–H and O–H groups in total. The fourth-order valence-corrected chi connectivity index (χ4v) is 2.74. The SMILES string of the molecule is CCOc1nc(Br)c(Br)n1COCC[Si](C)(C)C. The molecule has 0 atom stereocenters. The summed E-state index contributed by atoms with van der Waals surface area (Å²) in [4.78, 5) is 4.27. The monoisotopic (exact) mass is 398 g/mol. The first-order chi connectivity index (χ1) is 8.35. The molecule has 0 spiro atoms. The second kappa shape index (κ2) is 7.07. The van der Waals surface area contributed by atoms with E-state index in [0.717, 1.165) is 21.9 Å². The zero-order valence-corrected chi connectivity index (χ0v) is 15.5. The van der Waals surface area contributed by atoms with Crippen LogP contribution in [0.1, 0.15) is 6.92 Å². The Morgan fingerprint density at radius 1 is 1.28 bits per heavy atom. The van der Waals surface area contributed by atoms with Crippen LogP contribution in [0.2, 0.25) is 25.7 Å². The summed E-state index contributed by atoms with van der Waals surface area (Å²) in [6.45, 7) is 10.8. The Bertz CT molecular complexity index is 391. The highest BCUT2D eigenvalue weighted by atomic mass is 79.9. The highest BCUT2D eigenvalue weighted by molar-refractivity contribution is 9.13. The topological polar surface area (TPSA) is 36.3 Å². The quantitative estimate of drug-likeness (QED) is 0.511. The van der Waals surface area contributed by atoms with E-state index in [4.69, 9.17) is 9.47 Å². The molecule has 0 amide bonds. The van der Waals surface area contributed by atoms with Gasteiger partial charge in [0, 0.05) is 14.7 Å². The molecule has 0 saturated heterocycles. The van der Waals surface area contributed by atoms with Gasteiger partial charge in [-0.25, -0.2) is 0 Å². The average molecular weight is 400 g/mol. The van der Waals surface area contributed by atoms with Crippen LogP contribution in [-0.4, -0.2) is 30.8 Å². The van der Waals surface area contributed by atoms with Crippen molar-refractivity contribution in [3.8, 4) is 6.01 Å². The third-order valence-electron chi connectivity index (χ3n) is 2.32. The fourth-order valence-electron chi connectivity index (χ4n) is 1.27. The van der Waals surface area contributed by atoms with Crippen molar-refractivity contribution in [1.29, 1.82) is 0 Å².